The summed E-state index contributed by atoms with van der Waals surface area (Å²) in [5, 5.41) is 0. The average Bonchev–Trinajstić information content (AvgIpc) is 3.29. The van der Waals surface area contributed by atoms with Crippen molar-refractivity contribution in [3.63, 3.8) is 0 Å². The number of H-pyrrole nitrogens is 1. The van der Waals surface area contributed by atoms with Crippen LogP contribution in [-0.2, 0) is 0 Å². The highest BCUT2D eigenvalue weighted by molar-refractivity contribution is 5.94. The molecule has 1 aromatic carbocycles. The monoisotopic (exact) mass is 374 g/mol. The Morgan fingerprint density at radius 1 is 1.21 bits per heavy atom. The predicted octanol–water partition coefficient (Wildman–Crippen LogP) is 3.24. The second-order valence-electron chi connectivity index (χ2n) is 7.52. The van der Waals surface area contributed by atoms with Crippen LogP contribution in [0.1, 0.15) is 46.3 Å². The molecule has 0 aliphatic carbocycles. The van der Waals surface area contributed by atoms with Crippen molar-refractivity contribution in [1.82, 2.24) is 29.2 Å². The zero-order chi connectivity index (χ0) is 19.3. The second-order valence-corrected chi connectivity index (χ2v) is 7.52. The Hall–Kier alpha value is -3.22. The van der Waals surface area contributed by atoms with Gasteiger partial charge in [0.2, 0.25) is 5.78 Å². The van der Waals surface area contributed by atoms with Gasteiger partial charge in [0.15, 0.2) is 0 Å². The van der Waals surface area contributed by atoms with E-state index in [4.69, 9.17) is 4.98 Å². The third-order valence-electron chi connectivity index (χ3n) is 5.61. The fourth-order valence-electron chi connectivity index (χ4n) is 4.18. The van der Waals surface area contributed by atoms with Crippen molar-refractivity contribution < 1.29 is 4.79 Å². The number of hydrogen-bond donors (Lipinski definition) is 1. The van der Waals surface area contributed by atoms with Crippen LogP contribution >= 0.6 is 0 Å². The summed E-state index contributed by atoms with van der Waals surface area (Å²) in [5.74, 6) is 1.75. The zero-order valence-electron chi connectivity index (χ0n) is 16.0. The molecular weight excluding hydrogens is 352 g/mol. The maximum Gasteiger partial charge on any atom is 0.272 e. The van der Waals surface area contributed by atoms with Crippen molar-refractivity contribution in [1.29, 1.82) is 0 Å². The van der Waals surface area contributed by atoms with E-state index in [0.717, 1.165) is 41.8 Å². The molecule has 4 aromatic rings. The van der Waals surface area contributed by atoms with E-state index in [0.29, 0.717) is 23.7 Å². The number of likely N-dealkylation sites (tertiary alicyclic amines) is 1. The van der Waals surface area contributed by atoms with E-state index in [1.165, 1.54) is 0 Å². The first kappa shape index (κ1) is 16.9. The molecule has 3 aromatic heterocycles. The van der Waals surface area contributed by atoms with Crippen molar-refractivity contribution in [2.75, 3.05) is 13.1 Å². The van der Waals surface area contributed by atoms with Gasteiger partial charge in [0.25, 0.3) is 5.91 Å². The van der Waals surface area contributed by atoms with Crippen molar-refractivity contribution >= 4 is 22.7 Å². The Kier molecular flexibility index (Phi) is 3.89. The number of piperidine rings is 1. The van der Waals surface area contributed by atoms with Crippen LogP contribution in [0.4, 0.5) is 0 Å². The molecule has 0 bridgehead atoms. The van der Waals surface area contributed by atoms with Crippen molar-refractivity contribution in [2.24, 2.45) is 0 Å². The van der Waals surface area contributed by atoms with Crippen molar-refractivity contribution in [3.05, 3.63) is 59.4 Å². The Labute approximate surface area is 162 Å². The number of nitrogens with one attached hydrogen (secondary N) is 1. The van der Waals surface area contributed by atoms with Crippen LogP contribution in [0, 0.1) is 13.8 Å². The highest BCUT2D eigenvalue weighted by Gasteiger charge is 2.30. The fourth-order valence-corrected chi connectivity index (χ4v) is 4.18. The number of carbonyl (C=O) groups excluding carboxylic acids is 1. The summed E-state index contributed by atoms with van der Waals surface area (Å²) in [6, 6.07) is 7.99. The lowest BCUT2D eigenvalue weighted by molar-refractivity contribution is 0.0697. The molecule has 28 heavy (non-hydrogen) atoms. The summed E-state index contributed by atoms with van der Waals surface area (Å²) >= 11 is 0. The summed E-state index contributed by atoms with van der Waals surface area (Å²) in [4.78, 5) is 32.2. The van der Waals surface area contributed by atoms with Gasteiger partial charge in [-0.25, -0.2) is 15.0 Å². The van der Waals surface area contributed by atoms with E-state index >= 15 is 0 Å². The molecule has 1 aliphatic heterocycles. The SMILES string of the molecule is Cc1nc2ncccn2c1C(=O)N1CCC[C@H](c2nc3c(C)cccc3[nH]2)C1. The molecule has 7 nitrogen and oxygen atoms in total. The number of aryl methyl sites for hydroxylation is 2. The highest BCUT2D eigenvalue weighted by atomic mass is 16.2. The molecule has 142 valence electrons. The lowest BCUT2D eigenvalue weighted by Crippen LogP contribution is -2.40. The number of fused-ring (bicyclic) bond motifs is 2. The topological polar surface area (TPSA) is 79.2 Å². The van der Waals surface area contributed by atoms with E-state index in [1.807, 2.05) is 30.2 Å². The lowest BCUT2D eigenvalue weighted by atomic mass is 9.97. The van der Waals surface area contributed by atoms with E-state index in [1.54, 1.807) is 10.6 Å². The number of rotatable bonds is 2. The Bertz CT molecular complexity index is 1190. The van der Waals surface area contributed by atoms with Crippen LogP contribution in [0.25, 0.3) is 16.8 Å². The van der Waals surface area contributed by atoms with Crippen molar-refractivity contribution in [2.45, 2.75) is 32.6 Å². The van der Waals surface area contributed by atoms with Gasteiger partial charge in [-0.3, -0.25) is 9.20 Å². The van der Waals surface area contributed by atoms with Crippen LogP contribution in [0.15, 0.2) is 36.7 Å². The number of hydrogen-bond acceptors (Lipinski definition) is 4. The van der Waals surface area contributed by atoms with E-state index in [-0.39, 0.29) is 11.8 Å². The smallest absolute Gasteiger partial charge is 0.272 e. The lowest BCUT2D eigenvalue weighted by Gasteiger charge is -2.31. The third kappa shape index (κ3) is 2.66. The zero-order valence-corrected chi connectivity index (χ0v) is 16.0. The summed E-state index contributed by atoms with van der Waals surface area (Å²) in [5.41, 5.74) is 4.55. The minimum atomic E-state index is 0.00925. The molecule has 1 atom stereocenters. The van der Waals surface area contributed by atoms with Gasteiger partial charge in [-0.15, -0.1) is 0 Å². The Morgan fingerprint density at radius 3 is 2.96 bits per heavy atom. The van der Waals surface area contributed by atoms with Crippen LogP contribution in [-0.4, -0.2) is 48.2 Å². The molecule has 1 fully saturated rings. The van der Waals surface area contributed by atoms with Gasteiger partial charge in [0.05, 0.1) is 16.7 Å². The van der Waals surface area contributed by atoms with E-state index < -0.39 is 0 Å². The highest BCUT2D eigenvalue weighted by Crippen LogP contribution is 2.28. The van der Waals surface area contributed by atoms with E-state index in [2.05, 4.69) is 34.0 Å². The van der Waals surface area contributed by atoms with Crippen LogP contribution in [0.3, 0.4) is 0 Å². The average molecular weight is 374 g/mol. The fraction of sp³-hybridized carbons (Fsp3) is 0.333. The number of carbonyl (C=O) groups is 1. The van der Waals surface area contributed by atoms with Gasteiger partial charge in [0.1, 0.15) is 11.5 Å². The van der Waals surface area contributed by atoms with Gasteiger partial charge in [-0.05, 0) is 44.4 Å². The molecule has 0 unspecified atom stereocenters. The first-order chi connectivity index (χ1) is 13.6. The van der Waals surface area contributed by atoms with Gasteiger partial charge in [-0.2, -0.15) is 0 Å². The summed E-state index contributed by atoms with van der Waals surface area (Å²) < 4.78 is 1.78. The standard InChI is InChI=1S/C21H22N6O/c1-13-6-3-8-16-17(13)25-19(24-16)15-7-4-10-26(12-15)20(28)18-14(2)23-21-22-9-5-11-27(18)21/h3,5-6,8-9,11,15H,4,7,10,12H2,1-2H3,(H,24,25)/t15-/m0/s1. The normalized spacial score (nSPS) is 17.5. The van der Waals surface area contributed by atoms with Crippen molar-refractivity contribution in [3.8, 4) is 0 Å². The van der Waals surface area contributed by atoms with E-state index in [9.17, 15) is 4.79 Å². The largest absolute Gasteiger partial charge is 0.342 e. The number of para-hydroxylation sites is 1. The summed E-state index contributed by atoms with van der Waals surface area (Å²) in [6.07, 6.45) is 5.52. The molecule has 1 saturated heterocycles. The molecule has 0 spiro atoms. The van der Waals surface area contributed by atoms with Gasteiger partial charge >= 0.3 is 0 Å². The first-order valence-corrected chi connectivity index (χ1v) is 9.66. The van der Waals surface area contributed by atoms with Gasteiger partial charge in [0, 0.05) is 31.4 Å². The number of benzene rings is 1. The minimum Gasteiger partial charge on any atom is -0.342 e. The molecule has 1 aliphatic rings. The molecule has 1 amide bonds. The van der Waals surface area contributed by atoms with Crippen LogP contribution in [0.5, 0.6) is 0 Å². The number of aromatic amines is 1. The number of nitrogens with zero attached hydrogens (tertiary/aromatic N) is 5. The molecule has 4 heterocycles. The molecule has 1 N–H and O–H groups in total. The number of aromatic nitrogens is 5. The molecule has 0 radical (unpaired) electrons. The van der Waals surface area contributed by atoms with Gasteiger partial charge in [-0.1, -0.05) is 12.1 Å². The summed E-state index contributed by atoms with van der Waals surface area (Å²) in [6.45, 7) is 5.35. The quantitative estimate of drug-likeness (QED) is 0.584. The molecule has 5 rings (SSSR count). The number of imidazole rings is 2. The molecule has 0 saturated carbocycles. The number of amides is 1. The molecular formula is C21H22N6O. The Morgan fingerprint density at radius 2 is 2.11 bits per heavy atom. The second kappa shape index (κ2) is 6.44. The van der Waals surface area contributed by atoms with Crippen LogP contribution < -0.4 is 0 Å². The first-order valence-electron chi connectivity index (χ1n) is 9.66. The summed E-state index contributed by atoms with van der Waals surface area (Å²) in [7, 11) is 0. The molecule has 7 heteroatoms. The third-order valence-corrected chi connectivity index (χ3v) is 5.61. The predicted molar refractivity (Wildman–Crippen MR) is 106 cm³/mol. The van der Waals surface area contributed by atoms with Gasteiger partial charge < -0.3 is 9.88 Å². The maximum atomic E-state index is 13.3. The maximum absolute atomic E-state index is 13.3. The minimum absolute atomic E-state index is 0.00925. The Balaban J connectivity index is 1.45. The van der Waals surface area contributed by atoms with Crippen LogP contribution in [0.2, 0.25) is 0 Å².